The van der Waals surface area contributed by atoms with Crippen LogP contribution in [0.1, 0.15) is 41.5 Å². The van der Waals surface area contributed by atoms with Gasteiger partial charge in [-0.05, 0) is 13.8 Å². The second-order valence-electron chi connectivity index (χ2n) is 3.66. The van der Waals surface area contributed by atoms with E-state index in [4.69, 9.17) is 4.74 Å². The lowest BCUT2D eigenvalue weighted by Crippen LogP contribution is -2.28. The number of carbonyl (C=O) groups is 2. The third-order valence-electron chi connectivity index (χ3n) is 1.90. The molecule has 0 atom stereocenters. The summed E-state index contributed by atoms with van der Waals surface area (Å²) in [6, 6.07) is 0. The lowest BCUT2D eigenvalue weighted by molar-refractivity contribution is -0.125. The lowest BCUT2D eigenvalue weighted by atomic mass is 10.2. The fraction of sp³-hybridized carbons (Fsp3) is 0.818. The summed E-state index contributed by atoms with van der Waals surface area (Å²) in [6.07, 6.45) is 1.31. The Labute approximate surface area is 92.9 Å². The van der Waals surface area contributed by atoms with Crippen LogP contribution in [0, 0.1) is 0 Å². The van der Waals surface area contributed by atoms with Crippen molar-refractivity contribution in [3.63, 3.8) is 0 Å². The minimum atomic E-state index is -0.0795. The van der Waals surface area contributed by atoms with Gasteiger partial charge in [0.1, 0.15) is 5.78 Å². The van der Waals surface area contributed by atoms with Gasteiger partial charge in [-0.1, -0.05) is 6.92 Å². The molecule has 0 fully saturated rings. The zero-order valence-corrected chi connectivity index (χ0v) is 9.84. The van der Waals surface area contributed by atoms with Gasteiger partial charge in [0.25, 0.3) is 0 Å². The van der Waals surface area contributed by atoms with Crippen molar-refractivity contribution < 1.29 is 15.8 Å². The van der Waals surface area contributed by atoms with Crippen LogP contribution in [0.15, 0.2) is 0 Å². The number of amides is 1. The first-order valence-corrected chi connectivity index (χ1v) is 5.46. The summed E-state index contributed by atoms with van der Waals surface area (Å²) in [5, 5.41) is 2.70. The van der Waals surface area contributed by atoms with Crippen LogP contribution in [0.4, 0.5) is 0 Å². The fourth-order valence-corrected chi connectivity index (χ4v) is 1.00. The van der Waals surface area contributed by atoms with E-state index < -0.39 is 0 Å². The third kappa shape index (κ3) is 9.41. The van der Waals surface area contributed by atoms with Gasteiger partial charge in [-0.25, -0.2) is 0 Å². The van der Waals surface area contributed by atoms with Crippen molar-refractivity contribution in [1.82, 2.24) is 5.32 Å². The molecule has 1 amide bonds. The highest BCUT2D eigenvalue weighted by molar-refractivity contribution is 5.84. The number of carbonyl (C=O) groups excluding carboxylic acids is 2. The van der Waals surface area contributed by atoms with Crippen LogP contribution in [-0.4, -0.2) is 30.9 Å². The molecule has 0 aromatic heterocycles. The van der Waals surface area contributed by atoms with Crippen LogP contribution in [0.3, 0.4) is 0 Å². The molecule has 0 saturated heterocycles. The monoisotopic (exact) mass is 217 g/mol. The molecule has 0 spiro atoms. The molecule has 4 heteroatoms. The Kier molecular flexibility index (Phi) is 7.91. The molecule has 0 bridgehead atoms. The van der Waals surface area contributed by atoms with E-state index in [0.717, 1.165) is 0 Å². The van der Waals surface area contributed by atoms with E-state index in [0.29, 0.717) is 26.0 Å². The molecule has 0 aliphatic carbocycles. The van der Waals surface area contributed by atoms with Gasteiger partial charge in [-0.15, -0.1) is 0 Å². The van der Waals surface area contributed by atoms with Gasteiger partial charge in [0, 0.05) is 27.2 Å². The van der Waals surface area contributed by atoms with E-state index in [2.05, 4.69) is 5.32 Å². The number of ether oxygens (including phenoxy) is 1. The zero-order valence-electron chi connectivity index (χ0n) is 9.84. The van der Waals surface area contributed by atoms with E-state index in [1.807, 2.05) is 13.8 Å². The van der Waals surface area contributed by atoms with Gasteiger partial charge in [-0.2, -0.15) is 0 Å². The molecular formula is C11H23NO3. The lowest BCUT2D eigenvalue weighted by Gasteiger charge is -2.08. The maximum atomic E-state index is 11.2. The van der Waals surface area contributed by atoms with Crippen LogP contribution in [-0.2, 0) is 14.3 Å². The van der Waals surface area contributed by atoms with Crippen LogP contribution in [0.2, 0.25) is 0 Å². The molecular weight excluding hydrogens is 194 g/mol. The van der Waals surface area contributed by atoms with E-state index >= 15 is 0 Å². The Balaban J connectivity index is 0. The van der Waals surface area contributed by atoms with Crippen molar-refractivity contribution >= 4 is 11.7 Å². The van der Waals surface area contributed by atoms with E-state index in [1.165, 1.54) is 0 Å². The smallest absolute Gasteiger partial charge is 0.220 e. The molecule has 0 aromatic rings. The first-order chi connectivity index (χ1) is 7.06. The summed E-state index contributed by atoms with van der Waals surface area (Å²) < 4.78 is 5.26. The largest absolute Gasteiger partial charge is 0.377 e. The molecule has 4 nitrogen and oxygen atoms in total. The summed E-state index contributed by atoms with van der Waals surface area (Å²) in [4.78, 5) is 22.1. The van der Waals surface area contributed by atoms with Gasteiger partial charge in [-0.3, -0.25) is 9.59 Å². The average Bonchev–Trinajstić information content (AvgIpc) is 2.20. The molecule has 1 N–H and O–H groups in total. The van der Waals surface area contributed by atoms with Gasteiger partial charge < -0.3 is 10.1 Å². The number of nitrogens with one attached hydrogen (secondary N) is 1. The van der Waals surface area contributed by atoms with Crippen molar-refractivity contribution in [1.29, 1.82) is 0 Å². The van der Waals surface area contributed by atoms with E-state index in [1.54, 1.807) is 6.92 Å². The molecule has 0 saturated carbocycles. The summed E-state index contributed by atoms with van der Waals surface area (Å²) >= 11 is 0. The number of Topliss-reactive ketones (excluding diaryl/α,β-unsaturated/α-hetero) is 1. The molecule has 0 rings (SSSR count). The minimum absolute atomic E-state index is 0. The fourth-order valence-electron chi connectivity index (χ4n) is 1.00. The maximum absolute atomic E-state index is 11.2. The highest BCUT2D eigenvalue weighted by atomic mass is 16.5. The predicted molar refractivity (Wildman–Crippen MR) is 60.7 cm³/mol. The number of ketones is 1. The topological polar surface area (TPSA) is 55.4 Å². The molecule has 0 aliphatic heterocycles. The summed E-state index contributed by atoms with van der Waals surface area (Å²) in [5.41, 5.74) is 0. The Morgan fingerprint density at radius 3 is 2.53 bits per heavy atom. The van der Waals surface area contributed by atoms with Crippen LogP contribution in [0.25, 0.3) is 0 Å². The molecule has 15 heavy (non-hydrogen) atoms. The van der Waals surface area contributed by atoms with Crippen molar-refractivity contribution in [2.45, 2.75) is 46.1 Å². The van der Waals surface area contributed by atoms with Gasteiger partial charge >= 0.3 is 0 Å². The first-order valence-electron chi connectivity index (χ1n) is 5.46. The quantitative estimate of drug-likeness (QED) is 0.627. The molecule has 0 heterocycles. The predicted octanol–water partition coefficient (Wildman–Crippen LogP) is 1.53. The number of rotatable bonds is 8. The molecule has 0 radical (unpaired) electrons. The van der Waals surface area contributed by atoms with Crippen molar-refractivity contribution in [2.24, 2.45) is 0 Å². The molecule has 0 aromatic carbocycles. The van der Waals surface area contributed by atoms with Crippen molar-refractivity contribution in [3.05, 3.63) is 0 Å². The second kappa shape index (κ2) is 8.41. The normalized spacial score (nSPS) is 10.4. The molecule has 0 unspecified atom stereocenters. The van der Waals surface area contributed by atoms with Gasteiger partial charge in [0.2, 0.25) is 5.91 Å². The highest BCUT2D eigenvalue weighted by Crippen LogP contribution is 1.94. The van der Waals surface area contributed by atoms with E-state index in [-0.39, 0.29) is 25.6 Å². The summed E-state index contributed by atoms with van der Waals surface area (Å²) in [7, 11) is 0. The summed E-state index contributed by atoms with van der Waals surface area (Å²) in [6.45, 7) is 6.72. The minimum Gasteiger partial charge on any atom is -0.377 e. The average molecular weight is 217 g/mol. The van der Waals surface area contributed by atoms with Crippen molar-refractivity contribution in [3.8, 4) is 0 Å². The number of hydrogen-bond acceptors (Lipinski definition) is 3. The maximum Gasteiger partial charge on any atom is 0.220 e. The van der Waals surface area contributed by atoms with Crippen LogP contribution >= 0.6 is 0 Å². The van der Waals surface area contributed by atoms with Gasteiger partial charge in [0.15, 0.2) is 0 Å². The summed E-state index contributed by atoms with van der Waals surface area (Å²) in [5.74, 6) is 0.0488. The van der Waals surface area contributed by atoms with Gasteiger partial charge in [0.05, 0.1) is 12.7 Å². The Morgan fingerprint density at radius 2 is 2.00 bits per heavy atom. The van der Waals surface area contributed by atoms with E-state index in [9.17, 15) is 9.59 Å². The van der Waals surface area contributed by atoms with Crippen LogP contribution < -0.4 is 5.32 Å². The first kappa shape index (κ1) is 14.1. The molecule has 90 valence electrons. The second-order valence-corrected chi connectivity index (χ2v) is 3.66. The Bertz CT molecular complexity index is 207. The van der Waals surface area contributed by atoms with Crippen molar-refractivity contribution in [2.75, 3.05) is 13.2 Å². The third-order valence-corrected chi connectivity index (χ3v) is 1.90. The number of hydrogen-bond donors (Lipinski definition) is 1. The Hall–Kier alpha value is -0.900. The SMILES string of the molecule is CCC(=O)CCC(=O)NCCOC(C)C.[HH]. The standard InChI is InChI=1S/C11H21NO3.H2/c1-4-10(13)5-6-11(14)12-7-8-15-9(2)3;/h9H,4-8H2,1-3H3,(H,12,14);1H. The molecule has 0 aliphatic rings. The Morgan fingerprint density at radius 1 is 1.33 bits per heavy atom. The highest BCUT2D eigenvalue weighted by Gasteiger charge is 2.04. The zero-order chi connectivity index (χ0) is 11.7. The van der Waals surface area contributed by atoms with Crippen LogP contribution in [0.5, 0.6) is 0 Å².